The summed E-state index contributed by atoms with van der Waals surface area (Å²) >= 11 is 3.28. The summed E-state index contributed by atoms with van der Waals surface area (Å²) in [6.45, 7) is -0.312. The highest BCUT2D eigenvalue weighted by molar-refractivity contribution is 9.10. The highest BCUT2D eigenvalue weighted by atomic mass is 79.9. The second kappa shape index (κ2) is 4.61. The number of halogens is 3. The molecule has 0 amide bonds. The van der Waals surface area contributed by atoms with Crippen LogP contribution in [-0.4, -0.2) is 30.0 Å². The Bertz CT molecular complexity index is 382. The van der Waals surface area contributed by atoms with E-state index in [0.717, 1.165) is 18.7 Å². The second-order valence-electron chi connectivity index (χ2n) is 3.95. The largest absolute Gasteiger partial charge is 0.354 e. The van der Waals surface area contributed by atoms with Crippen molar-refractivity contribution in [1.29, 1.82) is 0 Å². The van der Waals surface area contributed by atoms with Gasteiger partial charge >= 0.3 is 0 Å². The molecule has 1 aliphatic carbocycles. The smallest absolute Gasteiger partial charge is 0.255 e. The van der Waals surface area contributed by atoms with Crippen LogP contribution in [-0.2, 0) is 0 Å². The zero-order valence-corrected chi connectivity index (χ0v) is 10.4. The van der Waals surface area contributed by atoms with Crippen molar-refractivity contribution in [2.45, 2.75) is 25.2 Å². The van der Waals surface area contributed by atoms with Gasteiger partial charge in [0.1, 0.15) is 16.2 Å². The predicted molar refractivity (Wildman–Crippen MR) is 61.0 cm³/mol. The molecular weight excluding hydrogens is 280 g/mol. The Morgan fingerprint density at radius 1 is 1.50 bits per heavy atom. The van der Waals surface area contributed by atoms with Crippen molar-refractivity contribution in [3.63, 3.8) is 0 Å². The van der Waals surface area contributed by atoms with Crippen LogP contribution in [0.1, 0.15) is 24.6 Å². The fourth-order valence-electron chi connectivity index (χ4n) is 1.44. The summed E-state index contributed by atoms with van der Waals surface area (Å²) in [7, 11) is 1.61. The van der Waals surface area contributed by atoms with Gasteiger partial charge in [-0.15, -0.1) is 0 Å². The summed E-state index contributed by atoms with van der Waals surface area (Å²) in [6, 6.07) is 1.66. The molecule has 0 aliphatic heterocycles. The summed E-state index contributed by atoms with van der Waals surface area (Å²) in [5.74, 6) is 1.71. The van der Waals surface area contributed by atoms with Crippen LogP contribution in [0.25, 0.3) is 0 Å². The molecule has 0 radical (unpaired) electrons. The minimum Gasteiger partial charge on any atom is -0.354 e. The topological polar surface area (TPSA) is 29.0 Å². The number of alkyl halides is 2. The first-order chi connectivity index (χ1) is 7.56. The van der Waals surface area contributed by atoms with Crippen molar-refractivity contribution in [2.75, 3.05) is 18.5 Å². The van der Waals surface area contributed by atoms with E-state index in [1.165, 1.54) is 4.90 Å². The van der Waals surface area contributed by atoms with Gasteiger partial charge in [-0.25, -0.2) is 18.7 Å². The molecule has 16 heavy (non-hydrogen) atoms. The highest BCUT2D eigenvalue weighted by Gasteiger charge is 2.27. The lowest BCUT2D eigenvalue weighted by molar-refractivity contribution is 0.156. The van der Waals surface area contributed by atoms with Crippen molar-refractivity contribution >= 4 is 21.7 Å². The van der Waals surface area contributed by atoms with Crippen molar-refractivity contribution in [3.8, 4) is 0 Å². The Morgan fingerprint density at radius 2 is 2.19 bits per heavy atom. The minimum atomic E-state index is -2.36. The number of nitrogens with zero attached hydrogens (tertiary/aromatic N) is 3. The Balaban J connectivity index is 2.19. The van der Waals surface area contributed by atoms with E-state index in [9.17, 15) is 8.78 Å². The zero-order valence-electron chi connectivity index (χ0n) is 8.83. The third-order valence-electron chi connectivity index (χ3n) is 2.44. The number of rotatable bonds is 4. The van der Waals surface area contributed by atoms with Crippen LogP contribution in [0, 0.1) is 0 Å². The van der Waals surface area contributed by atoms with Crippen LogP contribution in [0.15, 0.2) is 10.7 Å². The SMILES string of the molecule is CN(CC(F)F)c1cc(Br)nc(C2CC2)n1. The summed E-state index contributed by atoms with van der Waals surface area (Å²) in [4.78, 5) is 10.00. The van der Waals surface area contributed by atoms with Gasteiger partial charge in [0, 0.05) is 19.0 Å². The molecule has 0 spiro atoms. The molecule has 88 valence electrons. The molecule has 0 N–H and O–H groups in total. The van der Waals surface area contributed by atoms with Gasteiger partial charge in [-0.05, 0) is 28.8 Å². The zero-order chi connectivity index (χ0) is 11.7. The first kappa shape index (κ1) is 11.7. The number of hydrogen-bond acceptors (Lipinski definition) is 3. The lowest BCUT2D eigenvalue weighted by Crippen LogP contribution is -2.25. The van der Waals surface area contributed by atoms with E-state index in [-0.39, 0.29) is 6.54 Å². The second-order valence-corrected chi connectivity index (χ2v) is 4.77. The van der Waals surface area contributed by atoms with E-state index in [1.54, 1.807) is 13.1 Å². The van der Waals surface area contributed by atoms with Crippen LogP contribution in [0.2, 0.25) is 0 Å². The molecule has 1 aliphatic rings. The van der Waals surface area contributed by atoms with Gasteiger partial charge in [0.15, 0.2) is 0 Å². The number of aromatic nitrogens is 2. The summed E-state index contributed by atoms with van der Waals surface area (Å²) in [6.07, 6.45) is -0.175. The molecule has 6 heteroatoms. The van der Waals surface area contributed by atoms with Gasteiger partial charge in [-0.3, -0.25) is 0 Å². The van der Waals surface area contributed by atoms with Gasteiger partial charge in [0.2, 0.25) is 0 Å². The normalized spacial score (nSPS) is 15.6. The number of hydrogen-bond donors (Lipinski definition) is 0. The van der Waals surface area contributed by atoms with Crippen LogP contribution in [0.5, 0.6) is 0 Å². The van der Waals surface area contributed by atoms with Gasteiger partial charge in [-0.2, -0.15) is 0 Å². The average molecular weight is 292 g/mol. The van der Waals surface area contributed by atoms with E-state index in [2.05, 4.69) is 25.9 Å². The summed E-state index contributed by atoms with van der Waals surface area (Å²) in [5.41, 5.74) is 0. The first-order valence-electron chi connectivity index (χ1n) is 5.10. The van der Waals surface area contributed by atoms with E-state index >= 15 is 0 Å². The van der Waals surface area contributed by atoms with Gasteiger partial charge in [0.25, 0.3) is 6.43 Å². The molecule has 0 aromatic carbocycles. The summed E-state index contributed by atoms with van der Waals surface area (Å²) < 4.78 is 25.1. The highest BCUT2D eigenvalue weighted by Crippen LogP contribution is 2.39. The van der Waals surface area contributed by atoms with E-state index in [0.29, 0.717) is 16.3 Å². The van der Waals surface area contributed by atoms with Gasteiger partial charge in [-0.1, -0.05) is 0 Å². The van der Waals surface area contributed by atoms with E-state index < -0.39 is 6.43 Å². The fourth-order valence-corrected chi connectivity index (χ4v) is 1.83. The molecule has 0 saturated heterocycles. The third kappa shape index (κ3) is 2.87. The van der Waals surface area contributed by atoms with Crippen molar-refractivity contribution < 1.29 is 8.78 Å². The minimum absolute atomic E-state index is 0.312. The molecule has 1 fully saturated rings. The Kier molecular flexibility index (Phi) is 3.37. The standard InChI is InChI=1S/C10H12BrF2N3/c1-16(5-8(12)13)9-4-7(11)14-10(15-9)6-2-3-6/h4,6,8H,2-3,5H2,1H3. The van der Waals surface area contributed by atoms with Crippen molar-refractivity contribution in [1.82, 2.24) is 9.97 Å². The molecule has 0 atom stereocenters. The first-order valence-corrected chi connectivity index (χ1v) is 5.89. The molecule has 1 aromatic rings. The monoisotopic (exact) mass is 291 g/mol. The average Bonchev–Trinajstić information content (AvgIpc) is 2.98. The molecule has 1 saturated carbocycles. The Labute approximate surface area is 101 Å². The molecule has 1 aromatic heterocycles. The van der Waals surface area contributed by atoms with E-state index in [1.807, 2.05) is 0 Å². The molecule has 0 bridgehead atoms. The maximum Gasteiger partial charge on any atom is 0.255 e. The van der Waals surface area contributed by atoms with Crippen LogP contribution in [0.3, 0.4) is 0 Å². The van der Waals surface area contributed by atoms with Crippen LogP contribution in [0.4, 0.5) is 14.6 Å². The summed E-state index contributed by atoms with van der Waals surface area (Å²) in [5, 5.41) is 0. The fraction of sp³-hybridized carbons (Fsp3) is 0.600. The Morgan fingerprint density at radius 3 is 2.75 bits per heavy atom. The van der Waals surface area contributed by atoms with Crippen molar-refractivity contribution in [2.24, 2.45) is 0 Å². The molecule has 0 unspecified atom stereocenters. The maximum absolute atomic E-state index is 12.2. The maximum atomic E-state index is 12.2. The third-order valence-corrected chi connectivity index (χ3v) is 2.85. The molecule has 1 heterocycles. The number of anilines is 1. The Hall–Kier alpha value is -0.780. The molecule has 2 rings (SSSR count). The van der Waals surface area contributed by atoms with Crippen LogP contribution >= 0.6 is 15.9 Å². The van der Waals surface area contributed by atoms with Crippen LogP contribution < -0.4 is 4.90 Å². The van der Waals surface area contributed by atoms with E-state index in [4.69, 9.17) is 0 Å². The quantitative estimate of drug-likeness (QED) is 0.799. The van der Waals surface area contributed by atoms with Gasteiger partial charge in [0.05, 0.1) is 6.54 Å². The molecular formula is C10H12BrF2N3. The lowest BCUT2D eigenvalue weighted by atomic mass is 10.4. The predicted octanol–water partition coefficient (Wildman–Crippen LogP) is 2.82. The molecule has 3 nitrogen and oxygen atoms in total. The lowest BCUT2D eigenvalue weighted by Gasteiger charge is -2.18. The van der Waals surface area contributed by atoms with Gasteiger partial charge < -0.3 is 4.90 Å². The van der Waals surface area contributed by atoms with Crippen molar-refractivity contribution in [3.05, 3.63) is 16.5 Å².